The predicted molar refractivity (Wildman–Crippen MR) is 86.9 cm³/mol. The number of likely N-dealkylation sites (tertiary alicyclic amines) is 2. The van der Waals surface area contributed by atoms with Crippen LogP contribution in [0.25, 0.3) is 0 Å². The van der Waals surface area contributed by atoms with Gasteiger partial charge in [0.2, 0.25) is 11.8 Å². The number of hydrogen-bond donors (Lipinski definition) is 1. The SMILES string of the molecule is CNC(=O)CN1CCC2(CCCN(C(=O)C3CCOC3)C2)CC1. The van der Waals surface area contributed by atoms with Gasteiger partial charge in [-0.3, -0.25) is 14.5 Å². The lowest BCUT2D eigenvalue weighted by Crippen LogP contribution is -2.53. The summed E-state index contributed by atoms with van der Waals surface area (Å²) < 4.78 is 5.38. The van der Waals surface area contributed by atoms with Crippen LogP contribution in [0.4, 0.5) is 0 Å². The minimum Gasteiger partial charge on any atom is -0.381 e. The molecule has 3 rings (SSSR count). The Kier molecular flexibility index (Phi) is 5.21. The maximum atomic E-state index is 12.7. The lowest BCUT2D eigenvalue weighted by molar-refractivity contribution is -0.140. The highest BCUT2D eigenvalue weighted by Crippen LogP contribution is 2.40. The van der Waals surface area contributed by atoms with Crippen molar-refractivity contribution in [3.8, 4) is 0 Å². The van der Waals surface area contributed by atoms with Crippen molar-refractivity contribution >= 4 is 11.8 Å². The summed E-state index contributed by atoms with van der Waals surface area (Å²) in [4.78, 5) is 28.5. The summed E-state index contributed by atoms with van der Waals surface area (Å²) >= 11 is 0. The van der Waals surface area contributed by atoms with Crippen LogP contribution in [0, 0.1) is 11.3 Å². The summed E-state index contributed by atoms with van der Waals surface area (Å²) in [6, 6.07) is 0. The predicted octanol–water partition coefficient (Wildman–Crippen LogP) is 0.474. The number of carbonyl (C=O) groups is 2. The fourth-order valence-corrected chi connectivity index (χ4v) is 4.26. The molecule has 0 bridgehead atoms. The van der Waals surface area contributed by atoms with Gasteiger partial charge in [-0.1, -0.05) is 0 Å². The number of nitrogens with one attached hydrogen (secondary N) is 1. The van der Waals surface area contributed by atoms with Crippen LogP contribution in [0.2, 0.25) is 0 Å². The molecule has 130 valence electrons. The molecule has 0 radical (unpaired) electrons. The lowest BCUT2D eigenvalue weighted by Gasteiger charge is -2.48. The first kappa shape index (κ1) is 16.7. The van der Waals surface area contributed by atoms with Gasteiger partial charge in [0.15, 0.2) is 0 Å². The second-order valence-electron chi connectivity index (χ2n) is 7.37. The molecule has 3 aliphatic heterocycles. The van der Waals surface area contributed by atoms with Gasteiger partial charge in [0, 0.05) is 26.7 Å². The largest absolute Gasteiger partial charge is 0.381 e. The maximum Gasteiger partial charge on any atom is 0.233 e. The number of rotatable bonds is 3. The van der Waals surface area contributed by atoms with E-state index in [-0.39, 0.29) is 17.2 Å². The second kappa shape index (κ2) is 7.18. The summed E-state index contributed by atoms with van der Waals surface area (Å²) in [5, 5.41) is 2.69. The molecule has 3 saturated heterocycles. The number of ether oxygens (including phenoxy) is 1. The Balaban J connectivity index is 1.54. The number of nitrogens with zero attached hydrogens (tertiary/aromatic N) is 2. The van der Waals surface area contributed by atoms with Crippen molar-refractivity contribution in [2.24, 2.45) is 11.3 Å². The fraction of sp³-hybridized carbons (Fsp3) is 0.882. The van der Waals surface area contributed by atoms with Crippen LogP contribution in [-0.2, 0) is 14.3 Å². The fourth-order valence-electron chi connectivity index (χ4n) is 4.26. The average molecular weight is 323 g/mol. The van der Waals surface area contributed by atoms with E-state index < -0.39 is 0 Å². The van der Waals surface area contributed by atoms with Crippen molar-refractivity contribution < 1.29 is 14.3 Å². The van der Waals surface area contributed by atoms with Gasteiger partial charge < -0.3 is 15.0 Å². The molecule has 3 aliphatic rings. The van der Waals surface area contributed by atoms with E-state index in [9.17, 15) is 9.59 Å². The number of amides is 2. The third kappa shape index (κ3) is 3.86. The molecule has 1 N–H and O–H groups in total. The van der Waals surface area contributed by atoms with Crippen LogP contribution in [0.15, 0.2) is 0 Å². The Morgan fingerprint density at radius 3 is 2.65 bits per heavy atom. The van der Waals surface area contributed by atoms with E-state index in [0.29, 0.717) is 19.1 Å². The van der Waals surface area contributed by atoms with Crippen molar-refractivity contribution in [1.82, 2.24) is 15.1 Å². The van der Waals surface area contributed by atoms with Crippen molar-refractivity contribution in [2.75, 3.05) is 53.0 Å². The number of carbonyl (C=O) groups excluding carboxylic acids is 2. The summed E-state index contributed by atoms with van der Waals surface area (Å²) in [6.07, 6.45) is 5.38. The van der Waals surface area contributed by atoms with Crippen molar-refractivity contribution in [3.63, 3.8) is 0 Å². The van der Waals surface area contributed by atoms with Gasteiger partial charge in [-0.2, -0.15) is 0 Å². The van der Waals surface area contributed by atoms with Gasteiger partial charge in [0.25, 0.3) is 0 Å². The molecule has 3 fully saturated rings. The quantitative estimate of drug-likeness (QED) is 0.820. The van der Waals surface area contributed by atoms with Gasteiger partial charge in [0.05, 0.1) is 19.1 Å². The molecule has 1 spiro atoms. The van der Waals surface area contributed by atoms with Crippen molar-refractivity contribution in [1.29, 1.82) is 0 Å². The zero-order chi connectivity index (χ0) is 16.3. The van der Waals surface area contributed by atoms with E-state index in [4.69, 9.17) is 4.74 Å². The van der Waals surface area contributed by atoms with Crippen LogP contribution < -0.4 is 5.32 Å². The molecule has 0 saturated carbocycles. The minimum absolute atomic E-state index is 0.0819. The molecular weight excluding hydrogens is 294 g/mol. The number of piperidine rings is 2. The van der Waals surface area contributed by atoms with E-state index in [1.807, 2.05) is 0 Å². The molecule has 23 heavy (non-hydrogen) atoms. The molecule has 0 aliphatic carbocycles. The first-order chi connectivity index (χ1) is 11.1. The third-order valence-corrected chi connectivity index (χ3v) is 5.81. The first-order valence-electron chi connectivity index (χ1n) is 8.91. The molecule has 0 aromatic heterocycles. The minimum atomic E-state index is 0.0819. The second-order valence-corrected chi connectivity index (χ2v) is 7.37. The van der Waals surface area contributed by atoms with Gasteiger partial charge in [-0.05, 0) is 50.6 Å². The Bertz CT molecular complexity index is 440. The summed E-state index contributed by atoms with van der Waals surface area (Å²) in [7, 11) is 1.69. The molecular formula is C17H29N3O3. The topological polar surface area (TPSA) is 61.9 Å². The highest BCUT2D eigenvalue weighted by Gasteiger charge is 2.41. The highest BCUT2D eigenvalue weighted by molar-refractivity contribution is 5.79. The molecule has 0 aromatic carbocycles. The van der Waals surface area contributed by atoms with Gasteiger partial charge in [-0.15, -0.1) is 0 Å². The molecule has 3 heterocycles. The third-order valence-electron chi connectivity index (χ3n) is 5.81. The summed E-state index contributed by atoms with van der Waals surface area (Å²) in [5.74, 6) is 0.468. The average Bonchev–Trinajstić information content (AvgIpc) is 3.11. The normalized spacial score (nSPS) is 28.0. The number of hydrogen-bond acceptors (Lipinski definition) is 4. The van der Waals surface area contributed by atoms with Gasteiger partial charge in [-0.25, -0.2) is 0 Å². The first-order valence-corrected chi connectivity index (χ1v) is 8.91. The van der Waals surface area contributed by atoms with Crippen LogP contribution in [0.1, 0.15) is 32.1 Å². The molecule has 6 heteroatoms. The number of likely N-dealkylation sites (N-methyl/N-ethyl adjacent to an activating group) is 1. The molecule has 6 nitrogen and oxygen atoms in total. The van der Waals surface area contributed by atoms with Crippen LogP contribution in [-0.4, -0.2) is 74.6 Å². The van der Waals surface area contributed by atoms with Crippen molar-refractivity contribution in [3.05, 3.63) is 0 Å². The Morgan fingerprint density at radius 1 is 1.22 bits per heavy atom. The van der Waals surface area contributed by atoms with E-state index in [1.165, 1.54) is 6.42 Å². The highest BCUT2D eigenvalue weighted by atomic mass is 16.5. The van der Waals surface area contributed by atoms with Crippen LogP contribution >= 0.6 is 0 Å². The molecule has 1 unspecified atom stereocenters. The van der Waals surface area contributed by atoms with Crippen LogP contribution in [0.3, 0.4) is 0 Å². The smallest absolute Gasteiger partial charge is 0.233 e. The molecule has 2 amide bonds. The van der Waals surface area contributed by atoms with E-state index >= 15 is 0 Å². The lowest BCUT2D eigenvalue weighted by atomic mass is 9.72. The molecule has 0 aromatic rings. The zero-order valence-corrected chi connectivity index (χ0v) is 14.2. The zero-order valence-electron chi connectivity index (χ0n) is 14.2. The summed E-state index contributed by atoms with van der Waals surface area (Å²) in [5.41, 5.74) is 0.270. The van der Waals surface area contributed by atoms with E-state index in [2.05, 4.69) is 15.1 Å². The van der Waals surface area contributed by atoms with E-state index in [0.717, 1.165) is 58.5 Å². The Morgan fingerprint density at radius 2 is 2.00 bits per heavy atom. The summed E-state index contributed by atoms with van der Waals surface area (Å²) in [6.45, 7) is 5.54. The van der Waals surface area contributed by atoms with Crippen LogP contribution in [0.5, 0.6) is 0 Å². The van der Waals surface area contributed by atoms with Crippen molar-refractivity contribution in [2.45, 2.75) is 32.1 Å². The van der Waals surface area contributed by atoms with Gasteiger partial charge in [0.1, 0.15) is 0 Å². The van der Waals surface area contributed by atoms with E-state index in [1.54, 1.807) is 7.05 Å². The maximum absolute atomic E-state index is 12.7. The Hall–Kier alpha value is -1.14. The standard InChI is InChI=1S/C17H29N3O3/c1-18-15(21)11-19-8-5-17(6-9-19)4-2-7-20(13-17)16(22)14-3-10-23-12-14/h14H,2-13H2,1H3,(H,18,21). The monoisotopic (exact) mass is 323 g/mol. The Labute approximate surface area is 138 Å². The molecule has 1 atom stereocenters. The van der Waals surface area contributed by atoms with Gasteiger partial charge >= 0.3 is 0 Å².